The summed E-state index contributed by atoms with van der Waals surface area (Å²) in [5.41, 5.74) is 1.80. The van der Waals surface area contributed by atoms with Crippen LogP contribution in [-0.2, 0) is 11.3 Å². The second kappa shape index (κ2) is 12.5. The van der Waals surface area contributed by atoms with Gasteiger partial charge in [-0.2, -0.15) is 0 Å². The number of carbonyl (C=O) groups is 2. The van der Waals surface area contributed by atoms with Crippen molar-refractivity contribution < 1.29 is 23.8 Å². The number of benzene rings is 2. The van der Waals surface area contributed by atoms with Gasteiger partial charge in [0, 0.05) is 53.7 Å². The molecular weight excluding hydrogens is 589 g/mol. The van der Waals surface area contributed by atoms with Gasteiger partial charge in [0.05, 0.1) is 5.02 Å². The smallest absolute Gasteiger partial charge is 0.410 e. The maximum absolute atomic E-state index is 14.7. The molecule has 1 saturated carbocycles. The molecule has 1 N–H and O–H groups in total. The lowest BCUT2D eigenvalue weighted by atomic mass is 9.89. The number of phenolic OH excluding ortho intramolecular Hbond substituents is 1. The highest BCUT2D eigenvalue weighted by Crippen LogP contribution is 2.39. The minimum absolute atomic E-state index is 0.0338. The summed E-state index contributed by atoms with van der Waals surface area (Å²) in [5.74, 6) is -0.719. The zero-order valence-corrected chi connectivity index (χ0v) is 26.2. The predicted molar refractivity (Wildman–Crippen MR) is 168 cm³/mol. The van der Waals surface area contributed by atoms with E-state index >= 15 is 0 Å². The van der Waals surface area contributed by atoms with Gasteiger partial charge in [0.15, 0.2) is 0 Å². The fraction of sp³-hybridized carbons (Fsp3) is 0.364. The summed E-state index contributed by atoms with van der Waals surface area (Å²) in [6.07, 6.45) is 5.63. The number of hydrogen-bond donors (Lipinski definition) is 1. The molecule has 4 aromatic rings. The van der Waals surface area contributed by atoms with Crippen molar-refractivity contribution in [3.63, 3.8) is 0 Å². The van der Waals surface area contributed by atoms with Crippen LogP contribution in [0, 0.1) is 5.82 Å². The molecule has 2 heterocycles. The Hall–Kier alpha value is -3.69. The lowest BCUT2D eigenvalue weighted by molar-refractivity contribution is 0.0144. The minimum Gasteiger partial charge on any atom is -0.508 e. The Morgan fingerprint density at radius 1 is 1.05 bits per heavy atom. The molecule has 2 amide bonds. The van der Waals surface area contributed by atoms with Gasteiger partial charge >= 0.3 is 6.09 Å². The van der Waals surface area contributed by atoms with E-state index in [0.717, 1.165) is 11.1 Å². The Balaban J connectivity index is 1.45. The van der Waals surface area contributed by atoms with Gasteiger partial charge in [0.1, 0.15) is 22.0 Å². The van der Waals surface area contributed by atoms with Crippen molar-refractivity contribution >= 4 is 45.0 Å². The Kier molecular flexibility index (Phi) is 8.94. The Morgan fingerprint density at radius 2 is 1.72 bits per heavy atom. The van der Waals surface area contributed by atoms with Gasteiger partial charge in [-0.25, -0.2) is 9.18 Å². The van der Waals surface area contributed by atoms with Crippen molar-refractivity contribution in [2.24, 2.45) is 0 Å². The number of carbonyl (C=O) groups excluding carboxylic acids is 2. The van der Waals surface area contributed by atoms with Gasteiger partial charge < -0.3 is 19.6 Å². The second-order valence-electron chi connectivity index (χ2n) is 11.9. The second-order valence-corrected chi connectivity index (χ2v) is 13.4. The van der Waals surface area contributed by atoms with Crippen molar-refractivity contribution in [2.45, 2.75) is 70.7 Å². The molecule has 7 nitrogen and oxygen atoms in total. The van der Waals surface area contributed by atoms with E-state index < -0.39 is 11.4 Å². The first-order valence-corrected chi connectivity index (χ1v) is 15.5. The molecule has 0 atom stereocenters. The first-order chi connectivity index (χ1) is 20.4. The average Bonchev–Trinajstić information content (AvgIpc) is 3.33. The molecule has 0 radical (unpaired) electrons. The van der Waals surface area contributed by atoms with E-state index in [1.165, 1.54) is 17.4 Å². The molecule has 10 heteroatoms. The number of halogens is 2. The van der Waals surface area contributed by atoms with Crippen LogP contribution >= 0.6 is 22.9 Å². The molecule has 0 spiro atoms. The molecule has 1 aliphatic carbocycles. The van der Waals surface area contributed by atoms with Crippen LogP contribution in [0.25, 0.3) is 21.2 Å². The summed E-state index contributed by atoms with van der Waals surface area (Å²) in [5, 5.41) is 11.2. The number of thiophene rings is 1. The SMILES string of the molecule is CN(C(=O)OC(C)(C)C)[C@H]1CC[C@H](N(Cc2cc(-c3ccncc3)ccc2O)C(=O)c2sc3cccc(F)c3c2Cl)CC1. The quantitative estimate of drug-likeness (QED) is 0.234. The van der Waals surface area contributed by atoms with Crippen LogP contribution in [-0.4, -0.2) is 56.6 Å². The Morgan fingerprint density at radius 3 is 2.37 bits per heavy atom. The summed E-state index contributed by atoms with van der Waals surface area (Å²) >= 11 is 7.81. The van der Waals surface area contributed by atoms with E-state index in [9.17, 15) is 19.1 Å². The molecule has 2 aromatic heterocycles. The van der Waals surface area contributed by atoms with Gasteiger partial charge in [-0.1, -0.05) is 23.7 Å². The standard InChI is InChI=1S/C33H35ClFN3O4S/c1-33(2,3)42-32(41)37(4)23-9-11-24(12-10-23)38(31(40)30-29(34)28-25(35)6-5-7-27(28)43-30)19-22-18-21(8-13-26(22)39)20-14-16-36-17-15-20/h5-8,13-18,23-24,39H,9-12,19H2,1-4H3/t23-,24-. The first-order valence-electron chi connectivity index (χ1n) is 14.3. The highest BCUT2D eigenvalue weighted by atomic mass is 35.5. The number of ether oxygens (including phenoxy) is 1. The molecule has 0 unspecified atom stereocenters. The van der Waals surface area contributed by atoms with Gasteiger partial charge in [-0.3, -0.25) is 9.78 Å². The number of pyridine rings is 1. The summed E-state index contributed by atoms with van der Waals surface area (Å²) in [6, 6.07) is 13.5. The van der Waals surface area contributed by atoms with Crippen molar-refractivity contribution in [1.29, 1.82) is 0 Å². The lowest BCUT2D eigenvalue weighted by Gasteiger charge is -2.40. The zero-order valence-electron chi connectivity index (χ0n) is 24.6. The van der Waals surface area contributed by atoms with Crippen LogP contribution in [0.1, 0.15) is 61.7 Å². The number of rotatable bonds is 6. The largest absolute Gasteiger partial charge is 0.508 e. The fourth-order valence-corrected chi connectivity index (χ4v) is 7.07. The number of fused-ring (bicyclic) bond motifs is 1. The molecule has 1 fully saturated rings. The molecule has 0 saturated heterocycles. The molecule has 226 valence electrons. The fourth-order valence-electron chi connectivity index (χ4n) is 5.57. The van der Waals surface area contributed by atoms with Crippen LogP contribution in [0.2, 0.25) is 5.02 Å². The van der Waals surface area contributed by atoms with E-state index in [4.69, 9.17) is 16.3 Å². The number of aromatic hydroxyl groups is 1. The van der Waals surface area contributed by atoms with Gasteiger partial charge in [0.2, 0.25) is 0 Å². The average molecular weight is 624 g/mol. The van der Waals surface area contributed by atoms with Crippen molar-refractivity contribution in [3.8, 4) is 16.9 Å². The van der Waals surface area contributed by atoms with Crippen LogP contribution in [0.4, 0.5) is 9.18 Å². The third-order valence-electron chi connectivity index (χ3n) is 7.83. The summed E-state index contributed by atoms with van der Waals surface area (Å²) < 4.78 is 20.8. The Bertz CT molecular complexity index is 1630. The van der Waals surface area contributed by atoms with Crippen LogP contribution in [0.5, 0.6) is 5.75 Å². The summed E-state index contributed by atoms with van der Waals surface area (Å²) in [6.45, 7) is 5.64. The van der Waals surface area contributed by atoms with Crippen LogP contribution in [0.15, 0.2) is 60.9 Å². The molecule has 43 heavy (non-hydrogen) atoms. The van der Waals surface area contributed by atoms with E-state index in [1.807, 2.05) is 45.0 Å². The monoisotopic (exact) mass is 623 g/mol. The number of phenols is 1. The summed E-state index contributed by atoms with van der Waals surface area (Å²) in [4.78, 5) is 34.7. The lowest BCUT2D eigenvalue weighted by Crippen LogP contribution is -2.47. The van der Waals surface area contributed by atoms with E-state index in [2.05, 4.69) is 4.98 Å². The predicted octanol–water partition coefficient (Wildman–Crippen LogP) is 8.28. The van der Waals surface area contributed by atoms with Gasteiger partial charge in [0.25, 0.3) is 5.91 Å². The molecule has 5 rings (SSSR count). The number of hydrogen-bond acceptors (Lipinski definition) is 6. The topological polar surface area (TPSA) is 83.0 Å². The molecule has 0 bridgehead atoms. The molecular formula is C33H35ClFN3O4S. The third-order valence-corrected chi connectivity index (χ3v) is 9.46. The van der Waals surface area contributed by atoms with Gasteiger partial charge in [-0.15, -0.1) is 11.3 Å². The molecule has 2 aromatic carbocycles. The van der Waals surface area contributed by atoms with Crippen molar-refractivity contribution in [1.82, 2.24) is 14.8 Å². The minimum atomic E-state index is -0.596. The molecule has 0 aliphatic heterocycles. The van der Waals surface area contributed by atoms with Gasteiger partial charge in [-0.05, 0) is 94.0 Å². The van der Waals surface area contributed by atoms with Crippen LogP contribution < -0.4 is 0 Å². The van der Waals surface area contributed by atoms with Crippen LogP contribution in [0.3, 0.4) is 0 Å². The first kappa shape index (κ1) is 30.8. The van der Waals surface area contributed by atoms with E-state index in [-0.39, 0.29) is 51.7 Å². The number of nitrogens with zero attached hydrogens (tertiary/aromatic N) is 3. The highest BCUT2D eigenvalue weighted by molar-refractivity contribution is 7.21. The highest BCUT2D eigenvalue weighted by Gasteiger charge is 2.35. The number of aromatic nitrogens is 1. The molecule has 1 aliphatic rings. The maximum atomic E-state index is 14.7. The summed E-state index contributed by atoms with van der Waals surface area (Å²) in [7, 11) is 1.75. The number of amides is 2. The normalized spacial score (nSPS) is 17.1. The Labute approximate surface area is 259 Å². The maximum Gasteiger partial charge on any atom is 0.410 e. The van der Waals surface area contributed by atoms with E-state index in [1.54, 1.807) is 47.4 Å². The zero-order chi connectivity index (χ0) is 30.9. The third kappa shape index (κ3) is 6.78. The van der Waals surface area contributed by atoms with Crippen molar-refractivity contribution in [2.75, 3.05) is 7.05 Å². The van der Waals surface area contributed by atoms with Crippen molar-refractivity contribution in [3.05, 3.63) is 82.2 Å². The van der Waals surface area contributed by atoms with E-state index in [0.29, 0.717) is 35.9 Å².